The molecule has 0 unspecified atom stereocenters. The van der Waals surface area contributed by atoms with Gasteiger partial charge >= 0.3 is 18.0 Å². The molecular weight excluding hydrogens is 600 g/mol. The van der Waals surface area contributed by atoms with Gasteiger partial charge in [0.1, 0.15) is 11.6 Å². The van der Waals surface area contributed by atoms with Gasteiger partial charge in [0.2, 0.25) is 0 Å². The van der Waals surface area contributed by atoms with Gasteiger partial charge in [-0.05, 0) is 61.9 Å². The lowest BCUT2D eigenvalue weighted by molar-refractivity contribution is -0.137. The smallest absolute Gasteiger partial charge is 0.338 e. The van der Waals surface area contributed by atoms with E-state index >= 15 is 0 Å². The maximum atomic E-state index is 14.3. The molecule has 4 amide bonds. The fourth-order valence-corrected chi connectivity index (χ4v) is 6.30. The van der Waals surface area contributed by atoms with Crippen LogP contribution in [0.4, 0.5) is 18.4 Å². The van der Waals surface area contributed by atoms with Crippen LogP contribution in [-0.4, -0.2) is 83.9 Å². The van der Waals surface area contributed by atoms with E-state index in [4.69, 9.17) is 9.47 Å². The van der Waals surface area contributed by atoms with Crippen molar-refractivity contribution >= 4 is 30.4 Å². The molecule has 1 saturated carbocycles. The third-order valence-electron chi connectivity index (χ3n) is 8.49. The fraction of sp³-hybridized carbons (Fsp3) is 0.467. The summed E-state index contributed by atoms with van der Waals surface area (Å²) in [6.45, 7) is 1.04. The number of pyridine rings is 1. The molecule has 0 spiro atoms. The molecule has 3 aliphatic rings. The van der Waals surface area contributed by atoms with Crippen LogP contribution in [0.25, 0.3) is 0 Å². The molecule has 1 aromatic carbocycles. The second-order valence-corrected chi connectivity index (χ2v) is 11.1. The molecule has 2 fully saturated rings. The first kappa shape index (κ1) is 33.2. The Labute approximate surface area is 260 Å². The number of esters is 1. The van der Waals surface area contributed by atoms with Crippen molar-refractivity contribution in [3.63, 3.8) is 0 Å². The lowest BCUT2D eigenvalue weighted by Crippen LogP contribution is -2.57. The average Bonchev–Trinajstić information content (AvgIpc) is 3.47. The third kappa shape index (κ3) is 6.70. The summed E-state index contributed by atoms with van der Waals surface area (Å²) < 4.78 is 38.2. The first-order valence-corrected chi connectivity index (χ1v) is 14.2. The number of nitrogens with zero attached hydrogens (tertiary/aromatic N) is 3. The lowest BCUT2D eigenvalue weighted by Gasteiger charge is -2.39. The first-order valence-electron chi connectivity index (χ1n) is 14.2. The van der Waals surface area contributed by atoms with Crippen LogP contribution in [0.2, 0.25) is 0 Å². The number of amides is 4. The molecule has 14 heteroatoms. The fourth-order valence-electron chi connectivity index (χ4n) is 6.30. The van der Waals surface area contributed by atoms with Crippen LogP contribution in [0.15, 0.2) is 53.9 Å². The van der Waals surface area contributed by atoms with Gasteiger partial charge in [0, 0.05) is 38.5 Å². The summed E-state index contributed by atoms with van der Waals surface area (Å²) in [6, 6.07) is 5.28. The highest BCUT2D eigenvalue weighted by Crippen LogP contribution is 2.39. The number of nitrogens with one attached hydrogen (secondary N) is 2. The number of benzene rings is 1. The van der Waals surface area contributed by atoms with E-state index in [1.54, 1.807) is 6.20 Å². The zero-order valence-corrected chi connectivity index (χ0v) is 25.2. The lowest BCUT2D eigenvalue weighted by atomic mass is 9.79. The number of aromatic nitrogens is 1. The molecule has 238 valence electrons. The normalized spacial score (nSPS) is 25.7. The van der Waals surface area contributed by atoms with Crippen molar-refractivity contribution in [2.45, 2.75) is 55.8 Å². The standard InChI is InChI=1S/C30H35F2N5O6.ClH/c1-42-17-23-25(27(38)43-2)26(18-6-7-21(31)22(32)15-18)37(29(40)35-23)28(39)34-19-10-14-36(16-19)20-8-11-30(41,12-9-20)24-5-3-4-13-33-24;/h3-7,13,15,19-20,26,41H,8-12,14,16-17H2,1-2H3,(H,34,39)(H,35,40);1H/t19-,20?,26+,30?;/m1./s1. The summed E-state index contributed by atoms with van der Waals surface area (Å²) in [5, 5.41) is 16.6. The van der Waals surface area contributed by atoms with Crippen molar-refractivity contribution < 1.29 is 37.7 Å². The topological polar surface area (TPSA) is 133 Å². The van der Waals surface area contributed by atoms with Crippen molar-refractivity contribution in [3.8, 4) is 0 Å². The SMILES string of the molecule is COCC1=C(C(=O)OC)[C@H](c2ccc(F)c(F)c2)N(C(=O)N[C@@H]2CCN(C3CCC(O)(c4ccccn4)CC3)C2)C(=O)N1.Cl. The summed E-state index contributed by atoms with van der Waals surface area (Å²) >= 11 is 0. The Balaban J connectivity index is 0.00000442. The minimum Gasteiger partial charge on any atom is -0.466 e. The van der Waals surface area contributed by atoms with Crippen molar-refractivity contribution in [1.29, 1.82) is 0 Å². The van der Waals surface area contributed by atoms with Crippen molar-refractivity contribution in [2.24, 2.45) is 0 Å². The second kappa shape index (κ2) is 14.0. The van der Waals surface area contributed by atoms with Gasteiger partial charge in [0.15, 0.2) is 11.6 Å². The summed E-state index contributed by atoms with van der Waals surface area (Å²) in [6.07, 6.45) is 4.95. The van der Waals surface area contributed by atoms with Crippen LogP contribution >= 0.6 is 12.4 Å². The zero-order chi connectivity index (χ0) is 30.7. The number of carbonyl (C=O) groups excluding carboxylic acids is 3. The Morgan fingerprint density at radius 1 is 1.14 bits per heavy atom. The van der Waals surface area contributed by atoms with E-state index in [1.165, 1.54) is 13.2 Å². The van der Waals surface area contributed by atoms with Crippen LogP contribution < -0.4 is 10.6 Å². The Morgan fingerprint density at radius 3 is 2.52 bits per heavy atom. The van der Waals surface area contributed by atoms with Gasteiger partial charge in [-0.1, -0.05) is 12.1 Å². The molecular formula is C30H36ClF2N5O6. The number of hydrogen-bond acceptors (Lipinski definition) is 8. The van der Waals surface area contributed by atoms with Crippen molar-refractivity contribution in [2.75, 3.05) is 33.9 Å². The first-order chi connectivity index (χ1) is 20.6. The Hall–Kier alpha value is -3.65. The number of ether oxygens (including phenoxy) is 2. The van der Waals surface area contributed by atoms with E-state index in [2.05, 4.69) is 20.5 Å². The molecule has 1 aliphatic carbocycles. The monoisotopic (exact) mass is 635 g/mol. The highest BCUT2D eigenvalue weighted by atomic mass is 35.5. The largest absolute Gasteiger partial charge is 0.466 e. The average molecular weight is 636 g/mol. The van der Waals surface area contributed by atoms with E-state index in [-0.39, 0.29) is 47.9 Å². The predicted octanol–water partition coefficient (Wildman–Crippen LogP) is 3.54. The van der Waals surface area contributed by atoms with Crippen molar-refractivity contribution in [1.82, 2.24) is 25.4 Å². The van der Waals surface area contributed by atoms with Crippen LogP contribution in [0.5, 0.6) is 0 Å². The number of hydrogen-bond donors (Lipinski definition) is 3. The van der Waals surface area contributed by atoms with Crippen LogP contribution in [0.1, 0.15) is 49.4 Å². The van der Waals surface area contributed by atoms with Crippen LogP contribution in [0.3, 0.4) is 0 Å². The molecule has 0 radical (unpaired) electrons. The van der Waals surface area contributed by atoms with E-state index in [9.17, 15) is 28.3 Å². The molecule has 5 rings (SSSR count). The van der Waals surface area contributed by atoms with Crippen molar-refractivity contribution in [3.05, 3.63) is 76.8 Å². The van der Waals surface area contributed by atoms with Crippen LogP contribution in [-0.2, 0) is 19.9 Å². The van der Waals surface area contributed by atoms with Gasteiger partial charge in [-0.2, -0.15) is 0 Å². The molecule has 11 nitrogen and oxygen atoms in total. The minimum absolute atomic E-state index is 0. The minimum atomic E-state index is -1.40. The highest BCUT2D eigenvalue weighted by molar-refractivity contribution is 6.01. The summed E-state index contributed by atoms with van der Waals surface area (Å²) in [5.74, 6) is -3.18. The number of methoxy groups -OCH3 is 2. The molecule has 3 heterocycles. The Morgan fingerprint density at radius 2 is 1.89 bits per heavy atom. The van der Waals surface area contributed by atoms with Gasteiger partial charge in [0.25, 0.3) is 0 Å². The molecule has 1 aromatic heterocycles. The molecule has 2 aromatic rings. The number of likely N-dealkylation sites (tertiary alicyclic amines) is 1. The second-order valence-electron chi connectivity index (χ2n) is 11.1. The molecule has 1 saturated heterocycles. The van der Waals surface area contributed by atoms with Gasteiger partial charge < -0.3 is 25.2 Å². The van der Waals surface area contributed by atoms with Gasteiger partial charge in [0.05, 0.1) is 30.7 Å². The third-order valence-corrected chi connectivity index (χ3v) is 8.49. The summed E-state index contributed by atoms with van der Waals surface area (Å²) in [5.41, 5.74) is -0.374. The highest BCUT2D eigenvalue weighted by Gasteiger charge is 2.45. The number of urea groups is 2. The molecule has 3 N–H and O–H groups in total. The van der Waals surface area contributed by atoms with Gasteiger partial charge in [-0.25, -0.2) is 28.1 Å². The molecule has 44 heavy (non-hydrogen) atoms. The Bertz CT molecular complexity index is 1410. The number of aliphatic hydroxyl groups is 1. The molecule has 0 bridgehead atoms. The molecule has 2 atom stereocenters. The Kier molecular flexibility index (Phi) is 10.6. The number of imide groups is 1. The maximum absolute atomic E-state index is 14.3. The predicted molar refractivity (Wildman–Crippen MR) is 157 cm³/mol. The summed E-state index contributed by atoms with van der Waals surface area (Å²) in [4.78, 5) is 47.3. The van der Waals surface area contributed by atoms with Gasteiger partial charge in [-0.15, -0.1) is 12.4 Å². The maximum Gasteiger partial charge on any atom is 0.338 e. The summed E-state index contributed by atoms with van der Waals surface area (Å²) in [7, 11) is 2.50. The van der Waals surface area contributed by atoms with E-state index < -0.39 is 41.3 Å². The zero-order valence-electron chi connectivity index (χ0n) is 24.4. The quantitative estimate of drug-likeness (QED) is 0.394. The van der Waals surface area contributed by atoms with Gasteiger partial charge in [-0.3, -0.25) is 9.88 Å². The van der Waals surface area contributed by atoms with E-state index in [1.807, 2.05) is 18.2 Å². The number of rotatable bonds is 7. The van der Waals surface area contributed by atoms with E-state index in [0.29, 0.717) is 38.0 Å². The van der Waals surface area contributed by atoms with E-state index in [0.717, 1.165) is 37.0 Å². The number of halogens is 3. The molecule has 2 aliphatic heterocycles. The van der Waals surface area contributed by atoms with Crippen LogP contribution in [0, 0.1) is 11.6 Å². The number of carbonyl (C=O) groups is 3.